The second kappa shape index (κ2) is 11.6. The van der Waals surface area contributed by atoms with Gasteiger partial charge in [0.15, 0.2) is 6.61 Å². The van der Waals surface area contributed by atoms with Crippen LogP contribution in [-0.2, 0) is 27.2 Å². The molecule has 0 saturated carbocycles. The zero-order chi connectivity index (χ0) is 26.4. The van der Waals surface area contributed by atoms with Crippen molar-refractivity contribution < 1.29 is 28.7 Å². The molecule has 192 valence electrons. The number of nitrogens with one attached hydrogen (secondary N) is 2. The molecule has 1 atom stereocenters. The van der Waals surface area contributed by atoms with E-state index >= 15 is 0 Å². The fourth-order valence-corrected chi connectivity index (χ4v) is 5.44. The maximum atomic E-state index is 12.5. The van der Waals surface area contributed by atoms with Gasteiger partial charge in [-0.2, -0.15) is 0 Å². The molecule has 0 aliphatic heterocycles. The molecule has 0 bridgehead atoms. The summed E-state index contributed by atoms with van der Waals surface area (Å²) in [4.78, 5) is 49.5. The molecule has 3 aromatic rings. The lowest BCUT2D eigenvalue weighted by Crippen LogP contribution is -2.35. The zero-order valence-corrected chi connectivity index (χ0v) is 20.6. The molecular weight excluding hydrogens is 496 g/mol. The lowest BCUT2D eigenvalue weighted by Gasteiger charge is -2.18. The van der Waals surface area contributed by atoms with Crippen LogP contribution in [0, 0.1) is 0 Å². The minimum absolute atomic E-state index is 0.273. The highest BCUT2D eigenvalue weighted by Crippen LogP contribution is 2.38. The number of carbonyl (C=O) groups excluding carboxylic acids is 4. The van der Waals surface area contributed by atoms with Crippen molar-refractivity contribution in [3.63, 3.8) is 0 Å². The van der Waals surface area contributed by atoms with Crippen LogP contribution in [0.25, 0.3) is 0 Å². The first kappa shape index (κ1) is 25.7. The van der Waals surface area contributed by atoms with Gasteiger partial charge < -0.3 is 31.6 Å². The highest BCUT2D eigenvalue weighted by atomic mass is 32.1. The summed E-state index contributed by atoms with van der Waals surface area (Å²) in [5.74, 6) is -0.813. The molecule has 0 radical (unpaired) electrons. The molecule has 0 saturated heterocycles. The summed E-state index contributed by atoms with van der Waals surface area (Å²) in [7, 11) is 0. The Morgan fingerprint density at radius 1 is 0.973 bits per heavy atom. The third-order valence-corrected chi connectivity index (χ3v) is 6.92. The van der Waals surface area contributed by atoms with Crippen LogP contribution >= 0.6 is 11.3 Å². The van der Waals surface area contributed by atoms with Crippen LogP contribution in [0.15, 0.2) is 54.6 Å². The Labute approximate surface area is 216 Å². The third kappa shape index (κ3) is 6.64. The molecule has 1 heterocycles. The minimum atomic E-state index is -0.824. The zero-order valence-electron chi connectivity index (χ0n) is 19.8. The second-order valence-electron chi connectivity index (χ2n) is 8.39. The highest BCUT2D eigenvalue weighted by Gasteiger charge is 2.26. The number of urea groups is 1. The van der Waals surface area contributed by atoms with Crippen LogP contribution in [0.2, 0.25) is 0 Å². The van der Waals surface area contributed by atoms with Crippen molar-refractivity contribution in [2.45, 2.75) is 31.7 Å². The quantitative estimate of drug-likeness (QED) is 0.298. The number of amides is 4. The Hall–Kier alpha value is -4.38. The van der Waals surface area contributed by atoms with E-state index in [1.165, 1.54) is 11.3 Å². The summed E-state index contributed by atoms with van der Waals surface area (Å²) in [6.45, 7) is -0.569. The number of hydrogen-bond donors (Lipinski definition) is 4. The molecule has 0 unspecified atom stereocenters. The topological polar surface area (TPSA) is 163 Å². The third-order valence-electron chi connectivity index (χ3n) is 5.71. The van der Waals surface area contributed by atoms with Crippen molar-refractivity contribution in [1.29, 1.82) is 0 Å². The summed E-state index contributed by atoms with van der Waals surface area (Å²) < 4.78 is 10.9. The molecule has 2 aromatic carbocycles. The maximum Gasteiger partial charge on any atom is 0.312 e. The van der Waals surface area contributed by atoms with Crippen LogP contribution < -0.4 is 26.8 Å². The number of nitrogens with two attached hydrogens (primary N) is 2. The Balaban J connectivity index is 1.37. The largest absolute Gasteiger partial charge is 0.457 e. The van der Waals surface area contributed by atoms with Crippen molar-refractivity contribution in [3.8, 4) is 11.5 Å². The fourth-order valence-electron chi connectivity index (χ4n) is 4.13. The van der Waals surface area contributed by atoms with Gasteiger partial charge >= 0.3 is 12.0 Å². The van der Waals surface area contributed by atoms with Crippen LogP contribution in [-0.4, -0.2) is 30.4 Å². The van der Waals surface area contributed by atoms with E-state index in [0.29, 0.717) is 27.6 Å². The normalized spacial score (nSPS) is 12.8. The predicted molar refractivity (Wildman–Crippen MR) is 137 cm³/mol. The van der Waals surface area contributed by atoms with E-state index in [-0.39, 0.29) is 6.42 Å². The van der Waals surface area contributed by atoms with Crippen molar-refractivity contribution in [3.05, 3.63) is 76.2 Å². The molecule has 4 amide bonds. The molecule has 10 nitrogen and oxygen atoms in total. The number of rotatable bonds is 10. The van der Waals surface area contributed by atoms with Crippen LogP contribution in [0.4, 0.5) is 9.80 Å². The average molecular weight is 523 g/mol. The van der Waals surface area contributed by atoms with Gasteiger partial charge in [-0.3, -0.25) is 14.4 Å². The number of hydrogen-bond acceptors (Lipinski definition) is 7. The molecule has 1 aliphatic rings. The number of aryl methyl sites for hydroxylation is 1. The summed E-state index contributed by atoms with van der Waals surface area (Å²) in [5, 5.41) is 5.50. The lowest BCUT2D eigenvalue weighted by molar-refractivity contribution is -0.147. The minimum Gasteiger partial charge on any atom is -0.457 e. The Bertz CT molecular complexity index is 1320. The molecular formula is C26H26N4O6S. The van der Waals surface area contributed by atoms with E-state index in [9.17, 15) is 19.2 Å². The number of benzene rings is 2. The van der Waals surface area contributed by atoms with E-state index in [1.54, 1.807) is 36.4 Å². The van der Waals surface area contributed by atoms with Gasteiger partial charge in [0.05, 0.1) is 18.0 Å². The smallest absolute Gasteiger partial charge is 0.312 e. The fraction of sp³-hybridized carbons (Fsp3) is 0.231. The van der Waals surface area contributed by atoms with Gasteiger partial charge in [-0.25, -0.2) is 4.79 Å². The van der Waals surface area contributed by atoms with Gasteiger partial charge in [0.1, 0.15) is 16.5 Å². The van der Waals surface area contributed by atoms with Gasteiger partial charge in [0.2, 0.25) is 0 Å². The molecule has 1 aromatic heterocycles. The van der Waals surface area contributed by atoms with E-state index in [2.05, 4.69) is 10.6 Å². The molecule has 1 aliphatic carbocycles. The van der Waals surface area contributed by atoms with Crippen molar-refractivity contribution >= 4 is 40.2 Å². The summed E-state index contributed by atoms with van der Waals surface area (Å²) >= 11 is 1.31. The first-order valence-electron chi connectivity index (χ1n) is 11.6. The molecule has 6 N–H and O–H groups in total. The predicted octanol–water partition coefficient (Wildman–Crippen LogP) is 3.41. The number of anilines is 1. The number of primary amides is 2. The number of ether oxygens (including phenoxy) is 2. The number of fused-ring (bicyclic) bond motifs is 1. The van der Waals surface area contributed by atoms with Gasteiger partial charge in [-0.05, 0) is 54.7 Å². The van der Waals surface area contributed by atoms with Crippen LogP contribution in [0.1, 0.15) is 45.2 Å². The summed E-state index contributed by atoms with van der Waals surface area (Å²) in [6, 6.07) is 14.3. The van der Waals surface area contributed by atoms with Crippen molar-refractivity contribution in [2.75, 3.05) is 11.9 Å². The number of esters is 1. The maximum absolute atomic E-state index is 12.5. The second-order valence-corrected chi connectivity index (χ2v) is 9.49. The molecule has 37 heavy (non-hydrogen) atoms. The van der Waals surface area contributed by atoms with Gasteiger partial charge in [0.25, 0.3) is 11.8 Å². The highest BCUT2D eigenvalue weighted by molar-refractivity contribution is 7.17. The van der Waals surface area contributed by atoms with Crippen molar-refractivity contribution in [1.82, 2.24) is 5.32 Å². The number of para-hydroxylation sites is 1. The Morgan fingerprint density at radius 3 is 2.46 bits per heavy atom. The first-order valence-corrected chi connectivity index (χ1v) is 12.4. The average Bonchev–Trinajstić information content (AvgIpc) is 3.43. The lowest BCUT2D eigenvalue weighted by atomic mass is 10.0. The number of carbonyl (C=O) groups is 4. The van der Waals surface area contributed by atoms with E-state index in [0.717, 1.165) is 29.7 Å². The van der Waals surface area contributed by atoms with E-state index in [4.69, 9.17) is 20.9 Å². The van der Waals surface area contributed by atoms with Crippen molar-refractivity contribution in [2.24, 2.45) is 11.5 Å². The van der Waals surface area contributed by atoms with E-state index < -0.39 is 36.5 Å². The molecule has 4 rings (SSSR count). The summed E-state index contributed by atoms with van der Waals surface area (Å²) in [6.07, 6.45) is 2.23. The van der Waals surface area contributed by atoms with Gasteiger partial charge in [0, 0.05) is 4.88 Å². The first-order chi connectivity index (χ1) is 17.8. The van der Waals surface area contributed by atoms with E-state index in [1.807, 2.05) is 18.2 Å². The monoisotopic (exact) mass is 522 g/mol. The Morgan fingerprint density at radius 2 is 1.73 bits per heavy atom. The Kier molecular flexibility index (Phi) is 8.04. The molecule has 0 spiro atoms. The molecule has 11 heteroatoms. The molecule has 0 fully saturated rings. The van der Waals surface area contributed by atoms with Gasteiger partial charge in [-0.15, -0.1) is 11.3 Å². The van der Waals surface area contributed by atoms with Gasteiger partial charge in [-0.1, -0.05) is 30.3 Å². The standard InChI is InChI=1S/C26H26N4O6S/c27-24(33)23-18-10-5-11-20(18)37-25(23)30-21(31)14-35-22(32)13-19(29-26(28)34)15-6-4-9-17(12-15)36-16-7-2-1-3-8-16/h1-4,6-9,12,19H,5,10-11,13-14H2,(H2,27,33)(H,30,31)(H3,28,29,34)/t19-/m0/s1. The van der Waals surface area contributed by atoms with Crippen LogP contribution in [0.3, 0.4) is 0 Å². The van der Waals surface area contributed by atoms with Crippen LogP contribution in [0.5, 0.6) is 11.5 Å². The number of thiophene rings is 1. The SMILES string of the molecule is NC(=O)N[C@@H](CC(=O)OCC(=O)Nc1sc2c(c1C(N)=O)CCC2)c1cccc(Oc2ccccc2)c1. The summed E-state index contributed by atoms with van der Waals surface area (Å²) in [5.41, 5.74) is 12.6.